The smallest absolute Gasteiger partial charge is 0.241 e. The van der Waals surface area contributed by atoms with Crippen LogP contribution in [0.3, 0.4) is 0 Å². The van der Waals surface area contributed by atoms with Crippen LogP contribution < -0.4 is 5.32 Å². The highest BCUT2D eigenvalue weighted by molar-refractivity contribution is 5.84. The highest BCUT2D eigenvalue weighted by Crippen LogP contribution is 2.17. The van der Waals surface area contributed by atoms with Crippen molar-refractivity contribution >= 4 is 5.91 Å². The van der Waals surface area contributed by atoms with Gasteiger partial charge in [0, 0.05) is 12.6 Å². The minimum atomic E-state index is 0.00772. The topological polar surface area (TPSA) is 35.6 Å². The van der Waals surface area contributed by atoms with E-state index in [0.29, 0.717) is 12.0 Å². The van der Waals surface area contributed by atoms with Gasteiger partial charge in [-0.2, -0.15) is 0 Å². The van der Waals surface area contributed by atoms with Crippen LogP contribution in [0.15, 0.2) is 0 Å². The van der Waals surface area contributed by atoms with Gasteiger partial charge in [0.1, 0.15) is 0 Å². The molecule has 0 radical (unpaired) electrons. The molecule has 1 amide bonds. The zero-order valence-electron chi connectivity index (χ0n) is 13.4. The first-order valence-electron chi connectivity index (χ1n) is 7.61. The molecule has 19 heavy (non-hydrogen) atoms. The monoisotopic (exact) mass is 269 g/mol. The van der Waals surface area contributed by atoms with Crippen molar-refractivity contribution in [2.24, 2.45) is 5.92 Å². The summed E-state index contributed by atoms with van der Waals surface area (Å²) >= 11 is 0. The Hall–Kier alpha value is -0.610. The summed E-state index contributed by atoms with van der Waals surface area (Å²) in [7, 11) is 2.16. The average molecular weight is 269 g/mol. The number of hydrogen-bond acceptors (Lipinski definition) is 3. The molecule has 1 rings (SSSR count). The van der Waals surface area contributed by atoms with Gasteiger partial charge < -0.3 is 9.80 Å². The largest absolute Gasteiger partial charge is 0.326 e. The highest BCUT2D eigenvalue weighted by atomic mass is 16.2. The van der Waals surface area contributed by atoms with Crippen LogP contribution in [0, 0.1) is 5.92 Å². The first-order valence-corrected chi connectivity index (χ1v) is 7.61. The molecule has 4 heteroatoms. The van der Waals surface area contributed by atoms with Crippen LogP contribution in [0.5, 0.6) is 0 Å². The van der Waals surface area contributed by atoms with Crippen molar-refractivity contribution in [1.29, 1.82) is 0 Å². The van der Waals surface area contributed by atoms with Gasteiger partial charge in [-0.1, -0.05) is 13.8 Å². The van der Waals surface area contributed by atoms with Crippen LogP contribution >= 0.6 is 0 Å². The third-order valence-electron chi connectivity index (χ3n) is 4.15. The van der Waals surface area contributed by atoms with E-state index in [1.165, 1.54) is 0 Å². The highest BCUT2D eigenvalue weighted by Gasteiger charge is 2.37. The van der Waals surface area contributed by atoms with Gasteiger partial charge in [-0.3, -0.25) is 10.1 Å². The zero-order valence-corrected chi connectivity index (χ0v) is 13.4. The molecule has 1 aliphatic rings. The van der Waals surface area contributed by atoms with Gasteiger partial charge in [0.25, 0.3) is 0 Å². The number of unbranched alkanes of at least 4 members (excludes halogenated alkanes) is 1. The maximum absolute atomic E-state index is 12.2. The van der Waals surface area contributed by atoms with Crippen molar-refractivity contribution in [3.8, 4) is 0 Å². The molecule has 1 heterocycles. The fraction of sp³-hybridized carbons (Fsp3) is 0.933. The first-order chi connectivity index (χ1) is 8.84. The normalized spacial score (nSPS) is 24.3. The van der Waals surface area contributed by atoms with Crippen molar-refractivity contribution in [1.82, 2.24) is 15.1 Å². The van der Waals surface area contributed by atoms with Crippen LogP contribution in [0.2, 0.25) is 0 Å². The second-order valence-corrected chi connectivity index (χ2v) is 6.38. The maximum atomic E-state index is 12.2. The van der Waals surface area contributed by atoms with Crippen LogP contribution in [-0.2, 0) is 4.79 Å². The van der Waals surface area contributed by atoms with Crippen molar-refractivity contribution in [3.63, 3.8) is 0 Å². The van der Waals surface area contributed by atoms with Gasteiger partial charge in [0.05, 0.1) is 12.2 Å². The lowest BCUT2D eigenvalue weighted by Gasteiger charge is -2.23. The van der Waals surface area contributed by atoms with Crippen molar-refractivity contribution < 1.29 is 4.79 Å². The van der Waals surface area contributed by atoms with Gasteiger partial charge >= 0.3 is 0 Å². The molecule has 4 nitrogen and oxygen atoms in total. The van der Waals surface area contributed by atoms with E-state index in [9.17, 15) is 4.79 Å². The Morgan fingerprint density at radius 1 is 1.26 bits per heavy atom. The Balaban J connectivity index is 2.31. The summed E-state index contributed by atoms with van der Waals surface area (Å²) in [5, 5.41) is 3.39. The molecule has 0 aromatic heterocycles. The standard InChI is InChI=1S/C15H31N3O/c1-11(2)14-15(19)18(13(5)16-14)10-8-7-9-17(6)12(3)4/h11-14,16H,7-10H2,1-6H3. The fourth-order valence-corrected chi connectivity index (χ4v) is 2.47. The van der Waals surface area contributed by atoms with Gasteiger partial charge in [-0.25, -0.2) is 0 Å². The molecule has 0 saturated carbocycles. The van der Waals surface area contributed by atoms with Gasteiger partial charge in [-0.15, -0.1) is 0 Å². The molecule has 2 unspecified atom stereocenters. The Labute approximate surface area is 118 Å². The van der Waals surface area contributed by atoms with Crippen LogP contribution in [0.25, 0.3) is 0 Å². The van der Waals surface area contributed by atoms with Crippen molar-refractivity contribution in [2.45, 2.75) is 65.7 Å². The number of nitrogens with one attached hydrogen (secondary N) is 1. The molecule has 0 aromatic rings. The molecule has 2 atom stereocenters. The second kappa shape index (κ2) is 7.25. The molecule has 0 bridgehead atoms. The molecule has 0 aromatic carbocycles. The lowest BCUT2D eigenvalue weighted by atomic mass is 10.1. The Bertz CT molecular complexity index is 291. The third kappa shape index (κ3) is 4.46. The van der Waals surface area contributed by atoms with E-state index in [1.807, 2.05) is 4.90 Å². The molecule has 1 N–H and O–H groups in total. The predicted octanol–water partition coefficient (Wildman–Crippen LogP) is 1.91. The summed E-state index contributed by atoms with van der Waals surface area (Å²) < 4.78 is 0. The Morgan fingerprint density at radius 3 is 2.37 bits per heavy atom. The molecule has 1 saturated heterocycles. The van der Waals surface area contributed by atoms with Gasteiger partial charge in [0.2, 0.25) is 5.91 Å². The molecule has 0 spiro atoms. The van der Waals surface area contributed by atoms with E-state index in [-0.39, 0.29) is 18.1 Å². The summed E-state index contributed by atoms with van der Waals surface area (Å²) in [5.41, 5.74) is 0. The molecule has 0 aliphatic carbocycles. The number of rotatable bonds is 7. The van der Waals surface area contributed by atoms with E-state index >= 15 is 0 Å². The zero-order chi connectivity index (χ0) is 14.6. The molecule has 1 aliphatic heterocycles. The Kier molecular flexibility index (Phi) is 6.27. The number of nitrogens with zero attached hydrogens (tertiary/aromatic N) is 2. The number of amides is 1. The summed E-state index contributed by atoms with van der Waals surface area (Å²) in [6, 6.07) is 0.604. The fourth-order valence-electron chi connectivity index (χ4n) is 2.47. The van der Waals surface area contributed by atoms with E-state index < -0.39 is 0 Å². The van der Waals surface area contributed by atoms with Crippen molar-refractivity contribution in [3.05, 3.63) is 0 Å². The lowest BCUT2D eigenvalue weighted by Crippen LogP contribution is -2.36. The van der Waals surface area contributed by atoms with Gasteiger partial charge in [0.15, 0.2) is 0 Å². The summed E-state index contributed by atoms with van der Waals surface area (Å²) in [4.78, 5) is 16.6. The van der Waals surface area contributed by atoms with Crippen LogP contribution in [-0.4, -0.2) is 54.1 Å². The van der Waals surface area contributed by atoms with E-state index in [4.69, 9.17) is 0 Å². The second-order valence-electron chi connectivity index (χ2n) is 6.38. The lowest BCUT2D eigenvalue weighted by molar-refractivity contribution is -0.130. The van der Waals surface area contributed by atoms with Crippen LogP contribution in [0.4, 0.5) is 0 Å². The van der Waals surface area contributed by atoms with Crippen LogP contribution in [0.1, 0.15) is 47.5 Å². The first kappa shape index (κ1) is 16.4. The van der Waals surface area contributed by atoms with Crippen molar-refractivity contribution in [2.75, 3.05) is 20.1 Å². The summed E-state index contributed by atoms with van der Waals surface area (Å²) in [6.07, 6.45) is 2.42. The maximum Gasteiger partial charge on any atom is 0.241 e. The SMILES string of the molecule is CC(C)C1NC(C)N(CCCCN(C)C(C)C)C1=O. The molecular weight excluding hydrogens is 238 g/mol. The predicted molar refractivity (Wildman–Crippen MR) is 79.9 cm³/mol. The van der Waals surface area contributed by atoms with Gasteiger partial charge in [-0.05, 0) is 53.1 Å². The minimum absolute atomic E-state index is 0.00772. The third-order valence-corrected chi connectivity index (χ3v) is 4.15. The average Bonchev–Trinajstić information content (AvgIpc) is 2.61. The van der Waals surface area contributed by atoms with E-state index in [1.54, 1.807) is 0 Å². The number of hydrogen-bond donors (Lipinski definition) is 1. The van der Waals surface area contributed by atoms with E-state index in [2.05, 4.69) is 51.9 Å². The van der Waals surface area contributed by atoms with E-state index in [0.717, 1.165) is 25.9 Å². The molecular formula is C15H31N3O. The molecule has 112 valence electrons. The molecule has 1 fully saturated rings. The quantitative estimate of drug-likeness (QED) is 0.717. The number of carbonyl (C=O) groups is 1. The summed E-state index contributed by atoms with van der Waals surface area (Å²) in [6.45, 7) is 12.7. The Morgan fingerprint density at radius 2 is 1.89 bits per heavy atom. The minimum Gasteiger partial charge on any atom is -0.326 e. The number of carbonyl (C=O) groups excluding carboxylic acids is 1. The summed E-state index contributed by atoms with van der Waals surface area (Å²) in [5.74, 6) is 0.645.